The van der Waals surface area contributed by atoms with Crippen molar-refractivity contribution in [1.82, 2.24) is 14.9 Å². The summed E-state index contributed by atoms with van der Waals surface area (Å²) in [7, 11) is 0. The number of nitrogens with one attached hydrogen (secondary N) is 2. The van der Waals surface area contributed by atoms with Gasteiger partial charge in [0.1, 0.15) is 0 Å². The molecule has 0 amide bonds. The first-order valence-corrected chi connectivity index (χ1v) is 3.68. The molecule has 2 N–H and O–H groups in total. The highest BCUT2D eigenvalue weighted by atomic mass is 16.2. The van der Waals surface area contributed by atoms with E-state index in [1.807, 2.05) is 6.92 Å². The number of aromatic nitrogens is 3. The fourth-order valence-electron chi connectivity index (χ4n) is 0.678. The number of H-pyrrole nitrogens is 2. The lowest BCUT2D eigenvalue weighted by Crippen LogP contribution is -2.22. The Labute approximate surface area is 67.9 Å². The van der Waals surface area contributed by atoms with Gasteiger partial charge in [-0.3, -0.25) is 0 Å². The van der Waals surface area contributed by atoms with Crippen molar-refractivity contribution in [2.75, 3.05) is 0 Å². The second-order valence-corrected chi connectivity index (χ2v) is 2.26. The molecule has 1 heterocycles. The molecule has 0 aromatic carbocycles. The quantitative estimate of drug-likeness (QED) is 0.599. The number of hydrogen-bond acceptors (Lipinski definition) is 3. The number of aromatic amines is 2. The summed E-state index contributed by atoms with van der Waals surface area (Å²) in [5.74, 6) is 0. The minimum Gasteiger partial charge on any atom is -0.246 e. The van der Waals surface area contributed by atoms with Crippen LogP contribution in [0.4, 0.5) is 0 Å². The first-order chi connectivity index (χ1) is 5.75. The molecule has 66 valence electrons. The molecule has 0 atom stereocenters. The van der Waals surface area contributed by atoms with Crippen molar-refractivity contribution in [3.63, 3.8) is 0 Å². The Balaban J connectivity index is 2.88. The highest BCUT2D eigenvalue weighted by Crippen LogP contribution is 1.79. The molecule has 0 aliphatic carbocycles. The van der Waals surface area contributed by atoms with Crippen molar-refractivity contribution >= 4 is 6.21 Å². The molecule has 0 aliphatic rings. The van der Waals surface area contributed by atoms with Gasteiger partial charge in [0.2, 0.25) is 0 Å². The summed E-state index contributed by atoms with van der Waals surface area (Å²) in [4.78, 5) is 21.6. The summed E-state index contributed by atoms with van der Waals surface area (Å²) in [5, 5.41) is 7.90. The topological polar surface area (TPSA) is 83.0 Å². The maximum Gasteiger partial charge on any atom is 0.365 e. The first-order valence-electron chi connectivity index (χ1n) is 3.68. The summed E-state index contributed by atoms with van der Waals surface area (Å²) in [6.07, 6.45) is 3.21. The second-order valence-electron chi connectivity index (χ2n) is 2.26. The lowest BCUT2D eigenvalue weighted by atomic mass is 10.4. The second kappa shape index (κ2) is 3.70. The van der Waals surface area contributed by atoms with Crippen LogP contribution in [-0.2, 0) is 0 Å². The lowest BCUT2D eigenvalue weighted by Gasteiger charge is -1.85. The van der Waals surface area contributed by atoms with Crippen molar-refractivity contribution < 1.29 is 0 Å². The largest absolute Gasteiger partial charge is 0.365 e. The van der Waals surface area contributed by atoms with Gasteiger partial charge in [0.15, 0.2) is 0 Å². The third-order valence-electron chi connectivity index (χ3n) is 1.28. The maximum atomic E-state index is 10.8. The summed E-state index contributed by atoms with van der Waals surface area (Å²) in [6, 6.07) is 0. The van der Waals surface area contributed by atoms with Crippen LogP contribution in [0.1, 0.15) is 19.8 Å². The minimum absolute atomic E-state index is 0.549. The SMILES string of the molecule is CCC/C=N/n1c(=O)[nH][nH]c1=O. The third kappa shape index (κ3) is 1.71. The van der Waals surface area contributed by atoms with Gasteiger partial charge >= 0.3 is 11.4 Å². The molecule has 0 aliphatic heterocycles. The van der Waals surface area contributed by atoms with Crippen molar-refractivity contribution in [2.24, 2.45) is 5.10 Å². The zero-order valence-corrected chi connectivity index (χ0v) is 6.70. The molecular formula is C6H10N4O2. The minimum atomic E-state index is -0.549. The van der Waals surface area contributed by atoms with Gasteiger partial charge < -0.3 is 0 Å². The Hall–Kier alpha value is -1.59. The molecule has 1 aromatic rings. The average molecular weight is 170 g/mol. The van der Waals surface area contributed by atoms with Crippen molar-refractivity contribution in [2.45, 2.75) is 19.8 Å². The fourth-order valence-corrected chi connectivity index (χ4v) is 0.678. The van der Waals surface area contributed by atoms with E-state index in [9.17, 15) is 9.59 Å². The van der Waals surface area contributed by atoms with Crippen molar-refractivity contribution in [1.29, 1.82) is 0 Å². The standard InChI is InChI=1S/C6H10N4O2/c1-2-3-4-7-10-5(11)8-9-6(10)12/h4H,2-3H2,1H3,(H,8,11)(H,9,12)/b7-4+. The van der Waals surface area contributed by atoms with Crippen LogP contribution in [0.2, 0.25) is 0 Å². The fraction of sp³-hybridized carbons (Fsp3) is 0.500. The monoisotopic (exact) mass is 170 g/mol. The molecule has 6 heteroatoms. The van der Waals surface area contributed by atoms with E-state index >= 15 is 0 Å². The Morgan fingerprint density at radius 3 is 2.50 bits per heavy atom. The number of hydrogen-bond donors (Lipinski definition) is 2. The first kappa shape index (κ1) is 8.51. The van der Waals surface area contributed by atoms with E-state index in [2.05, 4.69) is 15.3 Å². The molecule has 0 bridgehead atoms. The van der Waals surface area contributed by atoms with Gasteiger partial charge in [-0.15, -0.1) is 4.68 Å². The number of nitrogens with zero attached hydrogens (tertiary/aromatic N) is 2. The summed E-state index contributed by atoms with van der Waals surface area (Å²) >= 11 is 0. The Kier molecular flexibility index (Phi) is 2.62. The Morgan fingerprint density at radius 1 is 1.42 bits per heavy atom. The van der Waals surface area contributed by atoms with Gasteiger partial charge in [-0.2, -0.15) is 5.10 Å². The van der Waals surface area contributed by atoms with E-state index in [4.69, 9.17) is 0 Å². The Morgan fingerprint density at radius 2 is 2.00 bits per heavy atom. The molecule has 1 aromatic heterocycles. The van der Waals surface area contributed by atoms with Crippen LogP contribution in [0, 0.1) is 0 Å². The molecule has 0 unspecified atom stereocenters. The molecule has 6 nitrogen and oxygen atoms in total. The van der Waals surface area contributed by atoms with E-state index in [1.165, 1.54) is 6.21 Å². The smallest absolute Gasteiger partial charge is 0.246 e. The van der Waals surface area contributed by atoms with Gasteiger partial charge in [0.05, 0.1) is 0 Å². The highest BCUT2D eigenvalue weighted by Gasteiger charge is 1.97. The highest BCUT2D eigenvalue weighted by molar-refractivity contribution is 5.56. The van der Waals surface area contributed by atoms with Gasteiger partial charge in [-0.25, -0.2) is 19.8 Å². The molecule has 0 fully saturated rings. The van der Waals surface area contributed by atoms with Crippen LogP contribution in [0.3, 0.4) is 0 Å². The zero-order chi connectivity index (χ0) is 8.97. The van der Waals surface area contributed by atoms with E-state index in [0.29, 0.717) is 0 Å². The molecule has 1 rings (SSSR count). The molecular weight excluding hydrogens is 160 g/mol. The predicted octanol–water partition coefficient (Wildman–Crippen LogP) is -0.501. The molecule has 12 heavy (non-hydrogen) atoms. The predicted molar refractivity (Wildman–Crippen MR) is 44.5 cm³/mol. The van der Waals surface area contributed by atoms with E-state index in [1.54, 1.807) is 0 Å². The van der Waals surface area contributed by atoms with Crippen LogP contribution < -0.4 is 11.4 Å². The third-order valence-corrected chi connectivity index (χ3v) is 1.28. The Bertz CT molecular complexity index is 342. The number of unbranched alkanes of at least 4 members (excludes halogenated alkanes) is 1. The van der Waals surface area contributed by atoms with Crippen LogP contribution in [0.25, 0.3) is 0 Å². The van der Waals surface area contributed by atoms with Crippen LogP contribution in [-0.4, -0.2) is 21.1 Å². The summed E-state index contributed by atoms with van der Waals surface area (Å²) in [6.45, 7) is 1.98. The maximum absolute atomic E-state index is 10.8. The van der Waals surface area contributed by atoms with Crippen molar-refractivity contribution in [3.8, 4) is 0 Å². The van der Waals surface area contributed by atoms with Gasteiger partial charge in [0, 0.05) is 6.21 Å². The summed E-state index contributed by atoms with van der Waals surface area (Å²) in [5.41, 5.74) is -1.10. The number of rotatable bonds is 3. The molecule has 0 radical (unpaired) electrons. The van der Waals surface area contributed by atoms with Gasteiger partial charge in [-0.1, -0.05) is 13.3 Å². The summed E-state index contributed by atoms with van der Waals surface area (Å²) < 4.78 is 0.746. The molecule has 0 saturated carbocycles. The van der Waals surface area contributed by atoms with E-state index in [-0.39, 0.29) is 0 Å². The molecule has 0 saturated heterocycles. The van der Waals surface area contributed by atoms with E-state index in [0.717, 1.165) is 17.5 Å². The van der Waals surface area contributed by atoms with Crippen molar-refractivity contribution in [3.05, 3.63) is 21.0 Å². The average Bonchev–Trinajstić information content (AvgIpc) is 2.35. The lowest BCUT2D eigenvalue weighted by molar-refractivity contribution is 0.793. The van der Waals surface area contributed by atoms with Crippen LogP contribution >= 0.6 is 0 Å². The normalized spacial score (nSPS) is 11.1. The van der Waals surface area contributed by atoms with Crippen LogP contribution in [0.15, 0.2) is 14.7 Å². The molecule has 0 spiro atoms. The zero-order valence-electron chi connectivity index (χ0n) is 6.70. The van der Waals surface area contributed by atoms with Crippen LogP contribution in [0.5, 0.6) is 0 Å². The van der Waals surface area contributed by atoms with E-state index < -0.39 is 11.4 Å². The van der Waals surface area contributed by atoms with Gasteiger partial charge in [0.25, 0.3) is 0 Å². The van der Waals surface area contributed by atoms with Gasteiger partial charge in [-0.05, 0) is 6.42 Å².